The molecule has 0 spiro atoms. The first kappa shape index (κ1) is 18.7. The van der Waals surface area contributed by atoms with E-state index < -0.39 is 6.10 Å². The number of rotatable bonds is 4. The number of urea groups is 1. The highest BCUT2D eigenvalue weighted by Gasteiger charge is 2.31. The number of ether oxygens (including phenoxy) is 1. The Morgan fingerprint density at radius 3 is 2.67 bits per heavy atom. The molecule has 5 heteroatoms. The zero-order valence-electron chi connectivity index (χ0n) is 15.2. The van der Waals surface area contributed by atoms with E-state index >= 15 is 0 Å². The number of hydrogen-bond acceptors (Lipinski definition) is 3. The molecule has 0 saturated carbocycles. The molecule has 2 rings (SSSR count). The van der Waals surface area contributed by atoms with Gasteiger partial charge in [0.15, 0.2) is 0 Å². The lowest BCUT2D eigenvalue weighted by Crippen LogP contribution is -2.55. The molecule has 3 unspecified atom stereocenters. The Labute approximate surface area is 145 Å². The molecule has 1 saturated heterocycles. The van der Waals surface area contributed by atoms with Crippen molar-refractivity contribution in [2.45, 2.75) is 52.3 Å². The van der Waals surface area contributed by atoms with E-state index in [9.17, 15) is 9.90 Å². The fourth-order valence-electron chi connectivity index (χ4n) is 2.67. The van der Waals surface area contributed by atoms with E-state index in [2.05, 4.69) is 26.1 Å². The summed E-state index contributed by atoms with van der Waals surface area (Å²) in [6, 6.07) is 9.41. The van der Waals surface area contributed by atoms with E-state index in [0.717, 1.165) is 5.56 Å². The normalized spacial score (nSPS) is 21.2. The monoisotopic (exact) mass is 334 g/mol. The molecule has 5 nitrogen and oxygen atoms in total. The molecular weight excluding hydrogens is 304 g/mol. The predicted octanol–water partition coefficient (Wildman–Crippen LogP) is 2.96. The van der Waals surface area contributed by atoms with Crippen LogP contribution in [0.25, 0.3) is 0 Å². The molecule has 2 N–H and O–H groups in total. The van der Waals surface area contributed by atoms with E-state index in [0.29, 0.717) is 26.2 Å². The van der Waals surface area contributed by atoms with Gasteiger partial charge in [0.05, 0.1) is 25.4 Å². The first-order valence-electron chi connectivity index (χ1n) is 8.67. The molecular formula is C19H30N2O3. The van der Waals surface area contributed by atoms with E-state index in [4.69, 9.17) is 4.74 Å². The van der Waals surface area contributed by atoms with Crippen LogP contribution in [0.2, 0.25) is 0 Å². The molecule has 1 aliphatic heterocycles. The van der Waals surface area contributed by atoms with Crippen molar-refractivity contribution in [1.82, 2.24) is 10.2 Å². The fourth-order valence-corrected chi connectivity index (χ4v) is 2.67. The van der Waals surface area contributed by atoms with Crippen LogP contribution < -0.4 is 5.32 Å². The summed E-state index contributed by atoms with van der Waals surface area (Å²) in [6.07, 6.45) is -0.130. The molecule has 0 bridgehead atoms. The molecule has 1 fully saturated rings. The van der Waals surface area contributed by atoms with Crippen molar-refractivity contribution in [3.05, 3.63) is 35.9 Å². The topological polar surface area (TPSA) is 61.8 Å². The summed E-state index contributed by atoms with van der Waals surface area (Å²) < 4.78 is 5.54. The maximum atomic E-state index is 12.7. The van der Waals surface area contributed by atoms with Gasteiger partial charge in [0, 0.05) is 19.0 Å². The summed E-state index contributed by atoms with van der Waals surface area (Å²) in [6.45, 7) is 9.88. The summed E-state index contributed by atoms with van der Waals surface area (Å²) >= 11 is 0. The lowest BCUT2D eigenvalue weighted by molar-refractivity contribution is -0.00797. The highest BCUT2D eigenvalue weighted by Crippen LogP contribution is 2.23. The van der Waals surface area contributed by atoms with Crippen molar-refractivity contribution < 1.29 is 14.6 Å². The van der Waals surface area contributed by atoms with Gasteiger partial charge in [0.2, 0.25) is 0 Å². The van der Waals surface area contributed by atoms with Gasteiger partial charge in [0.1, 0.15) is 0 Å². The summed E-state index contributed by atoms with van der Waals surface area (Å²) in [5, 5.41) is 13.6. The Morgan fingerprint density at radius 1 is 1.38 bits per heavy atom. The van der Waals surface area contributed by atoms with Crippen LogP contribution in [0, 0.1) is 5.41 Å². The smallest absolute Gasteiger partial charge is 0.318 e. The largest absolute Gasteiger partial charge is 0.388 e. The van der Waals surface area contributed by atoms with Gasteiger partial charge in [-0.1, -0.05) is 51.1 Å². The Hall–Kier alpha value is -1.59. The van der Waals surface area contributed by atoms with Gasteiger partial charge in [-0.15, -0.1) is 0 Å². The first-order valence-corrected chi connectivity index (χ1v) is 8.67. The van der Waals surface area contributed by atoms with Crippen LogP contribution >= 0.6 is 0 Å². The summed E-state index contributed by atoms with van der Waals surface area (Å²) in [7, 11) is 0. The molecule has 2 amide bonds. The Balaban J connectivity index is 2.01. The number of aliphatic hydroxyl groups is 1. The van der Waals surface area contributed by atoms with Gasteiger partial charge in [-0.3, -0.25) is 0 Å². The molecule has 1 aromatic rings. The van der Waals surface area contributed by atoms with Crippen molar-refractivity contribution in [2.24, 2.45) is 5.41 Å². The summed E-state index contributed by atoms with van der Waals surface area (Å²) in [4.78, 5) is 14.5. The average Bonchev–Trinajstić information content (AvgIpc) is 2.55. The van der Waals surface area contributed by atoms with Crippen molar-refractivity contribution in [1.29, 1.82) is 0 Å². The van der Waals surface area contributed by atoms with Gasteiger partial charge in [0.25, 0.3) is 0 Å². The second-order valence-electron chi connectivity index (χ2n) is 7.62. The van der Waals surface area contributed by atoms with Gasteiger partial charge in [-0.25, -0.2) is 4.79 Å². The Bertz CT molecular complexity index is 527. The van der Waals surface area contributed by atoms with Crippen LogP contribution in [0.5, 0.6) is 0 Å². The van der Waals surface area contributed by atoms with Gasteiger partial charge >= 0.3 is 6.03 Å². The minimum Gasteiger partial charge on any atom is -0.388 e. The van der Waals surface area contributed by atoms with E-state index in [1.165, 1.54) is 0 Å². The number of nitrogens with zero attached hydrogens (tertiary/aromatic N) is 1. The van der Waals surface area contributed by atoms with Crippen LogP contribution in [0.3, 0.4) is 0 Å². The number of morpholine rings is 1. The molecule has 24 heavy (non-hydrogen) atoms. The molecule has 1 aromatic carbocycles. The van der Waals surface area contributed by atoms with Gasteiger partial charge < -0.3 is 20.1 Å². The quantitative estimate of drug-likeness (QED) is 0.890. The Morgan fingerprint density at radius 2 is 2.04 bits per heavy atom. The molecule has 0 aliphatic carbocycles. The van der Waals surface area contributed by atoms with Crippen LogP contribution in [0.1, 0.15) is 45.8 Å². The number of aliphatic hydroxyl groups excluding tert-OH is 1. The van der Waals surface area contributed by atoms with E-state index in [1.807, 2.05) is 37.3 Å². The molecule has 0 aromatic heterocycles. The molecule has 134 valence electrons. The zero-order valence-corrected chi connectivity index (χ0v) is 15.2. The van der Waals surface area contributed by atoms with Gasteiger partial charge in [-0.05, 0) is 17.9 Å². The second kappa shape index (κ2) is 7.99. The fraction of sp³-hybridized carbons (Fsp3) is 0.632. The first-order chi connectivity index (χ1) is 11.3. The number of carbonyl (C=O) groups excluding carboxylic acids is 1. The number of amides is 2. The number of hydrogen-bond donors (Lipinski definition) is 2. The highest BCUT2D eigenvalue weighted by molar-refractivity contribution is 5.75. The zero-order chi connectivity index (χ0) is 17.7. The van der Waals surface area contributed by atoms with Gasteiger partial charge in [-0.2, -0.15) is 0 Å². The summed E-state index contributed by atoms with van der Waals surface area (Å²) in [5.74, 6) is 0. The van der Waals surface area contributed by atoms with E-state index in [1.54, 1.807) is 4.90 Å². The van der Waals surface area contributed by atoms with Crippen LogP contribution in [0.4, 0.5) is 4.79 Å². The van der Waals surface area contributed by atoms with Crippen molar-refractivity contribution in [3.8, 4) is 0 Å². The SMILES string of the molecule is CC(NC(=O)N1CCOCC1CC(O)c1ccccc1)C(C)(C)C. The van der Waals surface area contributed by atoms with E-state index in [-0.39, 0.29) is 23.5 Å². The second-order valence-corrected chi connectivity index (χ2v) is 7.62. The average molecular weight is 334 g/mol. The summed E-state index contributed by atoms with van der Waals surface area (Å²) in [5.41, 5.74) is 0.868. The molecule has 0 radical (unpaired) electrons. The third-order valence-electron chi connectivity index (χ3n) is 4.81. The molecule has 1 aliphatic rings. The van der Waals surface area contributed by atoms with Crippen molar-refractivity contribution in [3.63, 3.8) is 0 Å². The third-order valence-corrected chi connectivity index (χ3v) is 4.81. The lowest BCUT2D eigenvalue weighted by Gasteiger charge is -2.38. The minimum atomic E-state index is -0.603. The minimum absolute atomic E-state index is 0.000988. The lowest BCUT2D eigenvalue weighted by atomic mass is 9.88. The maximum absolute atomic E-state index is 12.7. The highest BCUT2D eigenvalue weighted by atomic mass is 16.5. The Kier molecular flexibility index (Phi) is 6.24. The third kappa shape index (κ3) is 4.95. The van der Waals surface area contributed by atoms with Crippen LogP contribution in [-0.4, -0.2) is 47.9 Å². The maximum Gasteiger partial charge on any atom is 0.318 e. The predicted molar refractivity (Wildman–Crippen MR) is 94.8 cm³/mol. The van der Waals surface area contributed by atoms with Crippen molar-refractivity contribution >= 4 is 6.03 Å². The number of nitrogens with one attached hydrogen (secondary N) is 1. The standard InChI is InChI=1S/C19H30N2O3/c1-14(19(2,3)4)20-18(23)21-10-11-24-13-16(21)12-17(22)15-8-6-5-7-9-15/h5-9,14,16-17,22H,10-13H2,1-4H3,(H,20,23). The van der Waals surface area contributed by atoms with Crippen LogP contribution in [0.15, 0.2) is 30.3 Å². The van der Waals surface area contributed by atoms with Crippen molar-refractivity contribution in [2.75, 3.05) is 19.8 Å². The molecule has 1 heterocycles. The molecule has 3 atom stereocenters. The number of carbonyl (C=O) groups is 1. The number of benzene rings is 1. The van der Waals surface area contributed by atoms with Crippen LogP contribution in [-0.2, 0) is 4.74 Å².